The summed E-state index contributed by atoms with van der Waals surface area (Å²) in [5.41, 5.74) is 2.46. The molecule has 0 saturated carbocycles. The zero-order chi connectivity index (χ0) is 23.7. The second kappa shape index (κ2) is 11.9. The Morgan fingerprint density at radius 2 is 2.03 bits per heavy atom. The van der Waals surface area contributed by atoms with Crippen LogP contribution in [-0.4, -0.2) is 36.5 Å². The van der Waals surface area contributed by atoms with Crippen LogP contribution >= 0.6 is 11.6 Å². The van der Waals surface area contributed by atoms with Gasteiger partial charge >= 0.3 is 0 Å². The number of allylic oxidation sites excluding steroid dienone is 2. The van der Waals surface area contributed by atoms with Gasteiger partial charge in [-0.25, -0.2) is 8.78 Å². The van der Waals surface area contributed by atoms with E-state index in [9.17, 15) is 18.4 Å². The van der Waals surface area contributed by atoms with Crippen molar-refractivity contribution in [2.75, 3.05) is 11.4 Å². The van der Waals surface area contributed by atoms with E-state index in [-0.39, 0.29) is 16.6 Å². The summed E-state index contributed by atoms with van der Waals surface area (Å²) in [5, 5.41) is 2.91. The lowest BCUT2D eigenvalue weighted by Crippen LogP contribution is -2.33. The summed E-state index contributed by atoms with van der Waals surface area (Å²) >= 11 is 6.25. The summed E-state index contributed by atoms with van der Waals surface area (Å²) in [6.07, 6.45) is 3.81. The summed E-state index contributed by atoms with van der Waals surface area (Å²) < 4.78 is 25.6. The third kappa shape index (κ3) is 7.09. The van der Waals surface area contributed by atoms with Crippen molar-refractivity contribution in [2.24, 2.45) is 4.99 Å². The van der Waals surface area contributed by atoms with Gasteiger partial charge in [0.1, 0.15) is 0 Å². The molecular weight excluding hydrogens is 438 g/mol. The fourth-order valence-electron chi connectivity index (χ4n) is 2.76. The van der Waals surface area contributed by atoms with Crippen LogP contribution in [0.25, 0.3) is 5.70 Å². The molecule has 2 amide bonds. The monoisotopic (exact) mass is 460 g/mol. The number of anilines is 1. The predicted molar refractivity (Wildman–Crippen MR) is 123 cm³/mol. The highest BCUT2D eigenvalue weighted by Gasteiger charge is 2.19. The molecule has 0 fully saturated rings. The van der Waals surface area contributed by atoms with Crippen LogP contribution in [0.15, 0.2) is 65.4 Å². The van der Waals surface area contributed by atoms with Gasteiger partial charge in [-0.2, -0.15) is 0 Å². The van der Waals surface area contributed by atoms with E-state index in [0.717, 1.165) is 10.5 Å². The van der Waals surface area contributed by atoms with Crippen molar-refractivity contribution in [2.45, 2.75) is 26.8 Å². The number of aliphatic imine (C=N–C) groups is 1. The van der Waals surface area contributed by atoms with Gasteiger partial charge in [0.25, 0.3) is 6.43 Å². The van der Waals surface area contributed by atoms with E-state index >= 15 is 0 Å². The van der Waals surface area contributed by atoms with E-state index in [4.69, 9.17) is 11.6 Å². The molecule has 1 heterocycles. The zero-order valence-electron chi connectivity index (χ0n) is 17.7. The fourth-order valence-corrected chi connectivity index (χ4v) is 3.05. The van der Waals surface area contributed by atoms with Crippen LogP contribution in [0.1, 0.15) is 25.0 Å². The highest BCUT2D eigenvalue weighted by Crippen LogP contribution is 2.30. The van der Waals surface area contributed by atoms with Gasteiger partial charge in [0.2, 0.25) is 11.8 Å². The molecule has 0 spiro atoms. The first-order chi connectivity index (χ1) is 15.2. The van der Waals surface area contributed by atoms with Crippen LogP contribution < -0.4 is 10.2 Å². The Kier molecular flexibility index (Phi) is 9.22. The van der Waals surface area contributed by atoms with E-state index in [2.05, 4.69) is 22.0 Å². The van der Waals surface area contributed by atoms with Crippen molar-refractivity contribution in [3.05, 3.63) is 76.6 Å². The molecule has 2 aromatic rings. The molecule has 9 heteroatoms. The molecule has 0 bridgehead atoms. The van der Waals surface area contributed by atoms with Gasteiger partial charge in [0.15, 0.2) is 0 Å². The first-order valence-electron chi connectivity index (χ1n) is 9.61. The number of hydrogen-bond acceptors (Lipinski definition) is 4. The van der Waals surface area contributed by atoms with E-state index in [1.807, 2.05) is 6.07 Å². The standard InChI is InChI=1S/C23H23ClF2N4O2/c1-15(23(32)29-13-17-5-4-10-28-12-17)6-8-20(27-3)18-7-9-21(19(24)11-18)30(16(2)31)14-22(25)26/h4-12,22H,3,13-14H2,1-2H3,(H,29,32)/b15-6+,20-8-. The number of nitrogens with zero attached hydrogens (tertiary/aromatic N) is 3. The molecule has 1 aromatic heterocycles. The number of pyridine rings is 1. The number of amides is 2. The minimum Gasteiger partial charge on any atom is -0.348 e. The second-order valence-corrected chi connectivity index (χ2v) is 7.20. The smallest absolute Gasteiger partial charge is 0.256 e. The topological polar surface area (TPSA) is 74.7 Å². The number of nitrogens with one attached hydrogen (secondary N) is 1. The van der Waals surface area contributed by atoms with E-state index in [1.54, 1.807) is 43.6 Å². The SMILES string of the molecule is C=N/C(=C\C=C(/C)C(=O)NCc1cccnc1)c1ccc(N(CC(F)F)C(C)=O)c(Cl)c1. The van der Waals surface area contributed by atoms with Crippen molar-refractivity contribution >= 4 is 41.5 Å². The van der Waals surface area contributed by atoms with Crippen LogP contribution in [0.2, 0.25) is 5.02 Å². The number of rotatable bonds is 9. The van der Waals surface area contributed by atoms with Gasteiger partial charge in [-0.1, -0.05) is 29.8 Å². The predicted octanol–water partition coefficient (Wildman–Crippen LogP) is 4.66. The number of carbonyl (C=O) groups excluding carboxylic acids is 2. The first-order valence-corrected chi connectivity index (χ1v) is 9.99. The number of carbonyl (C=O) groups is 2. The molecule has 168 valence electrons. The molecule has 0 aliphatic heterocycles. The molecule has 0 radical (unpaired) electrons. The van der Waals surface area contributed by atoms with E-state index < -0.39 is 18.9 Å². The minimum absolute atomic E-state index is 0.114. The lowest BCUT2D eigenvalue weighted by Gasteiger charge is -2.22. The summed E-state index contributed by atoms with van der Waals surface area (Å²) in [7, 11) is 0. The maximum Gasteiger partial charge on any atom is 0.256 e. The fraction of sp³-hybridized carbons (Fsp3) is 0.217. The van der Waals surface area contributed by atoms with Gasteiger partial charge in [-0.05, 0) is 43.5 Å². The molecule has 6 nitrogen and oxygen atoms in total. The molecule has 32 heavy (non-hydrogen) atoms. The van der Waals surface area contributed by atoms with Gasteiger partial charge < -0.3 is 10.2 Å². The molecule has 0 aliphatic carbocycles. The third-order valence-electron chi connectivity index (χ3n) is 4.43. The maximum atomic E-state index is 12.8. The van der Waals surface area contributed by atoms with Crippen LogP contribution in [0.5, 0.6) is 0 Å². The Bertz CT molecular complexity index is 1040. The Balaban J connectivity index is 2.17. The van der Waals surface area contributed by atoms with Crippen molar-refractivity contribution in [1.82, 2.24) is 10.3 Å². The third-order valence-corrected chi connectivity index (χ3v) is 4.73. The molecule has 0 saturated heterocycles. The van der Waals surface area contributed by atoms with Gasteiger partial charge in [-0.3, -0.25) is 19.6 Å². The highest BCUT2D eigenvalue weighted by atomic mass is 35.5. The van der Waals surface area contributed by atoms with Crippen molar-refractivity contribution in [3.8, 4) is 0 Å². The number of halogens is 3. The lowest BCUT2D eigenvalue weighted by atomic mass is 10.1. The van der Waals surface area contributed by atoms with Crippen molar-refractivity contribution in [3.63, 3.8) is 0 Å². The Morgan fingerprint density at radius 1 is 1.28 bits per heavy atom. The number of alkyl halides is 2. The van der Waals surface area contributed by atoms with E-state index in [0.29, 0.717) is 23.4 Å². The average molecular weight is 461 g/mol. The molecule has 1 N–H and O–H groups in total. The largest absolute Gasteiger partial charge is 0.348 e. The molecule has 0 atom stereocenters. The lowest BCUT2D eigenvalue weighted by molar-refractivity contribution is -0.118. The second-order valence-electron chi connectivity index (χ2n) is 6.79. The Hall–Kier alpha value is -3.39. The molecule has 1 aromatic carbocycles. The normalized spacial score (nSPS) is 11.9. The summed E-state index contributed by atoms with van der Waals surface area (Å²) in [5.74, 6) is -0.806. The van der Waals surface area contributed by atoms with Crippen LogP contribution in [0.4, 0.5) is 14.5 Å². The van der Waals surface area contributed by atoms with Crippen molar-refractivity contribution < 1.29 is 18.4 Å². The highest BCUT2D eigenvalue weighted by molar-refractivity contribution is 6.34. The zero-order valence-corrected chi connectivity index (χ0v) is 18.4. The van der Waals surface area contributed by atoms with Gasteiger partial charge in [0, 0.05) is 37.0 Å². The molecule has 0 aliphatic rings. The van der Waals surface area contributed by atoms with Crippen LogP contribution in [0, 0.1) is 0 Å². The molecule has 0 unspecified atom stereocenters. The number of aromatic nitrogens is 1. The average Bonchev–Trinajstić information content (AvgIpc) is 2.77. The Labute approximate surface area is 190 Å². The molecular formula is C23H23ClF2N4O2. The van der Waals surface area contributed by atoms with E-state index in [1.165, 1.54) is 19.1 Å². The number of hydrogen-bond donors (Lipinski definition) is 1. The first kappa shape index (κ1) is 24.9. The van der Waals surface area contributed by atoms with Crippen LogP contribution in [-0.2, 0) is 16.1 Å². The quantitative estimate of drug-likeness (QED) is 0.336. The van der Waals surface area contributed by atoms with Gasteiger partial charge in [-0.15, -0.1) is 0 Å². The maximum absolute atomic E-state index is 12.8. The van der Waals surface area contributed by atoms with Crippen LogP contribution in [0.3, 0.4) is 0 Å². The summed E-state index contributed by atoms with van der Waals surface area (Å²) in [6, 6.07) is 8.21. The van der Waals surface area contributed by atoms with Gasteiger partial charge in [0.05, 0.1) is 23.0 Å². The Morgan fingerprint density at radius 3 is 2.59 bits per heavy atom. The summed E-state index contributed by atoms with van der Waals surface area (Å²) in [6.45, 7) is 5.96. The summed E-state index contributed by atoms with van der Waals surface area (Å²) in [4.78, 5) is 32.9. The molecule has 2 rings (SSSR count). The van der Waals surface area contributed by atoms with Crippen molar-refractivity contribution in [1.29, 1.82) is 0 Å². The minimum atomic E-state index is -2.70. The number of benzene rings is 1.